The number of amides is 2. The van der Waals surface area contributed by atoms with Crippen molar-refractivity contribution >= 4 is 18.0 Å². The summed E-state index contributed by atoms with van der Waals surface area (Å²) in [4.78, 5) is 39.6. The number of nitrogens with one attached hydrogen (secondary N) is 2. The van der Waals surface area contributed by atoms with Crippen LogP contribution in [0, 0.1) is 0 Å². The Morgan fingerprint density at radius 3 is 2.24 bits per heavy atom. The van der Waals surface area contributed by atoms with Crippen molar-refractivity contribution in [2.45, 2.75) is 37.7 Å². The highest BCUT2D eigenvalue weighted by Gasteiger charge is 2.28. The van der Waals surface area contributed by atoms with Crippen LogP contribution in [-0.4, -0.2) is 56.0 Å². The van der Waals surface area contributed by atoms with E-state index in [9.17, 15) is 14.4 Å². The second-order valence-corrected chi connectivity index (χ2v) is 7.99. The number of ether oxygens (including phenoxy) is 2. The Hall–Kier alpha value is -3.43. The first-order chi connectivity index (χ1) is 16.5. The van der Waals surface area contributed by atoms with Crippen LogP contribution >= 0.6 is 0 Å². The van der Waals surface area contributed by atoms with Gasteiger partial charge in [-0.3, -0.25) is 9.63 Å². The summed E-state index contributed by atoms with van der Waals surface area (Å²) in [6.45, 7) is 0.529. The molecule has 2 aromatic rings. The molecule has 3 N–H and O–H groups in total. The fourth-order valence-corrected chi connectivity index (χ4v) is 3.92. The quantitative estimate of drug-likeness (QED) is 0.303. The van der Waals surface area contributed by atoms with Crippen molar-refractivity contribution in [1.29, 1.82) is 0 Å². The Morgan fingerprint density at radius 1 is 0.971 bits per heavy atom. The van der Waals surface area contributed by atoms with E-state index < -0.39 is 24.1 Å². The maximum Gasteiger partial charge on any atom is 0.407 e. The zero-order valence-electron chi connectivity index (χ0n) is 19.1. The van der Waals surface area contributed by atoms with E-state index >= 15 is 0 Å². The van der Waals surface area contributed by atoms with Gasteiger partial charge in [-0.15, -0.1) is 0 Å². The highest BCUT2D eigenvalue weighted by Crippen LogP contribution is 2.44. The van der Waals surface area contributed by atoms with Crippen LogP contribution in [0.4, 0.5) is 4.79 Å². The van der Waals surface area contributed by atoms with E-state index in [1.54, 1.807) is 0 Å². The molecule has 0 aromatic heterocycles. The molecule has 0 aliphatic heterocycles. The third-order valence-electron chi connectivity index (χ3n) is 5.60. The molecule has 2 amide bonds. The Labute approximate surface area is 198 Å². The second kappa shape index (κ2) is 12.7. The minimum Gasteiger partial charge on any atom is -0.479 e. The van der Waals surface area contributed by atoms with E-state index in [2.05, 4.69) is 35.1 Å². The molecular formula is C25H30N2O7. The van der Waals surface area contributed by atoms with E-state index in [0.717, 1.165) is 11.1 Å². The third-order valence-corrected chi connectivity index (χ3v) is 5.60. The van der Waals surface area contributed by atoms with Crippen LogP contribution in [0.2, 0.25) is 0 Å². The van der Waals surface area contributed by atoms with Crippen molar-refractivity contribution in [3.63, 3.8) is 0 Å². The normalized spacial score (nSPS) is 13.0. The van der Waals surface area contributed by atoms with Crippen LogP contribution in [0.1, 0.15) is 42.7 Å². The van der Waals surface area contributed by atoms with Gasteiger partial charge >= 0.3 is 12.1 Å². The van der Waals surface area contributed by atoms with Crippen molar-refractivity contribution in [2.75, 3.05) is 26.9 Å². The molecule has 182 valence electrons. The number of rotatable bonds is 13. The molecule has 2 aromatic carbocycles. The van der Waals surface area contributed by atoms with Gasteiger partial charge in [0.2, 0.25) is 12.0 Å². The first-order valence-corrected chi connectivity index (χ1v) is 11.3. The number of aliphatic carboxylic acids is 1. The van der Waals surface area contributed by atoms with Crippen molar-refractivity contribution in [1.82, 2.24) is 10.8 Å². The van der Waals surface area contributed by atoms with Gasteiger partial charge in [0.25, 0.3) is 0 Å². The molecule has 0 spiro atoms. The van der Waals surface area contributed by atoms with Gasteiger partial charge in [-0.25, -0.2) is 15.1 Å². The standard InChI is InChI=1S/C25H30N2O7/c1-32-16-22(24(29)30)34-27-23(28)13-3-2-8-14-26-25(31)33-15-21-19-11-6-4-9-17(19)18-10-5-7-12-20(18)21/h4-7,9-12,21-22H,2-3,8,13-16H2,1H3,(H,26,31)(H,27,28)(H,29,30). The van der Waals surface area contributed by atoms with E-state index in [1.807, 2.05) is 24.3 Å². The topological polar surface area (TPSA) is 123 Å². The number of carboxylic acids is 1. The Kier molecular flexibility index (Phi) is 9.42. The lowest BCUT2D eigenvalue weighted by Crippen LogP contribution is -2.37. The van der Waals surface area contributed by atoms with Crippen LogP contribution < -0.4 is 10.8 Å². The van der Waals surface area contributed by atoms with Gasteiger partial charge < -0.3 is 19.9 Å². The first-order valence-electron chi connectivity index (χ1n) is 11.3. The molecule has 0 heterocycles. The Morgan fingerprint density at radius 2 is 1.62 bits per heavy atom. The van der Waals surface area contributed by atoms with Crippen LogP contribution in [0.3, 0.4) is 0 Å². The van der Waals surface area contributed by atoms with Crippen molar-refractivity contribution in [3.8, 4) is 11.1 Å². The molecular weight excluding hydrogens is 440 g/mol. The molecule has 0 bridgehead atoms. The number of carbonyl (C=O) groups excluding carboxylic acids is 2. The smallest absolute Gasteiger partial charge is 0.407 e. The highest BCUT2D eigenvalue weighted by molar-refractivity contribution is 5.79. The Bertz CT molecular complexity index is 949. The maximum absolute atomic E-state index is 12.1. The molecule has 0 fully saturated rings. The summed E-state index contributed by atoms with van der Waals surface area (Å²) in [5.74, 6) is -1.61. The number of carboxylic acid groups (broad SMARTS) is 1. The number of hydrogen-bond donors (Lipinski definition) is 3. The molecule has 0 radical (unpaired) electrons. The number of carbonyl (C=O) groups is 3. The lowest BCUT2D eigenvalue weighted by atomic mass is 9.98. The molecule has 1 atom stereocenters. The minimum absolute atomic E-state index is 0.0171. The molecule has 1 unspecified atom stereocenters. The maximum atomic E-state index is 12.1. The molecule has 1 aliphatic rings. The molecule has 9 nitrogen and oxygen atoms in total. The van der Waals surface area contributed by atoms with Crippen LogP contribution in [0.15, 0.2) is 48.5 Å². The average Bonchev–Trinajstić information content (AvgIpc) is 3.16. The molecule has 0 saturated heterocycles. The summed E-state index contributed by atoms with van der Waals surface area (Å²) >= 11 is 0. The second-order valence-electron chi connectivity index (χ2n) is 7.99. The van der Waals surface area contributed by atoms with Gasteiger partial charge in [-0.1, -0.05) is 55.0 Å². The van der Waals surface area contributed by atoms with Gasteiger partial charge in [-0.2, -0.15) is 0 Å². The fraction of sp³-hybridized carbons (Fsp3) is 0.400. The number of fused-ring (bicyclic) bond motifs is 3. The molecule has 34 heavy (non-hydrogen) atoms. The highest BCUT2D eigenvalue weighted by atomic mass is 16.7. The van der Waals surface area contributed by atoms with Crippen LogP contribution in [0.5, 0.6) is 0 Å². The summed E-state index contributed by atoms with van der Waals surface area (Å²) < 4.78 is 10.2. The first kappa shape index (κ1) is 25.2. The zero-order valence-corrected chi connectivity index (χ0v) is 19.1. The van der Waals surface area contributed by atoms with Gasteiger partial charge in [0.1, 0.15) is 6.61 Å². The van der Waals surface area contributed by atoms with Gasteiger partial charge in [0, 0.05) is 26.0 Å². The van der Waals surface area contributed by atoms with E-state index in [4.69, 9.17) is 19.4 Å². The summed E-state index contributed by atoms with van der Waals surface area (Å²) in [6.07, 6.45) is 0.423. The predicted molar refractivity (Wildman–Crippen MR) is 124 cm³/mol. The number of hydrogen-bond acceptors (Lipinski definition) is 6. The van der Waals surface area contributed by atoms with Crippen LogP contribution in [-0.2, 0) is 23.9 Å². The Balaban J connectivity index is 1.30. The summed E-state index contributed by atoms with van der Waals surface area (Å²) in [5, 5.41) is 11.7. The largest absolute Gasteiger partial charge is 0.479 e. The van der Waals surface area contributed by atoms with Gasteiger partial charge in [0.15, 0.2) is 0 Å². The van der Waals surface area contributed by atoms with E-state index in [0.29, 0.717) is 25.8 Å². The lowest BCUT2D eigenvalue weighted by molar-refractivity contribution is -0.164. The van der Waals surface area contributed by atoms with Crippen LogP contribution in [0.25, 0.3) is 11.1 Å². The number of hydroxylamine groups is 1. The van der Waals surface area contributed by atoms with Crippen molar-refractivity contribution in [2.24, 2.45) is 0 Å². The lowest BCUT2D eigenvalue weighted by Gasteiger charge is -2.14. The number of alkyl carbamates (subject to hydrolysis) is 1. The summed E-state index contributed by atoms with van der Waals surface area (Å²) in [5.41, 5.74) is 6.81. The fourth-order valence-electron chi connectivity index (χ4n) is 3.92. The minimum atomic E-state index is -1.25. The number of unbranched alkanes of at least 4 members (excludes halogenated alkanes) is 2. The van der Waals surface area contributed by atoms with Crippen molar-refractivity contribution < 1.29 is 33.8 Å². The number of methoxy groups -OCH3 is 1. The van der Waals surface area contributed by atoms with E-state index in [1.165, 1.54) is 18.2 Å². The zero-order chi connectivity index (χ0) is 24.3. The van der Waals surface area contributed by atoms with E-state index in [-0.39, 0.29) is 25.6 Å². The van der Waals surface area contributed by atoms with Crippen molar-refractivity contribution in [3.05, 3.63) is 59.7 Å². The third kappa shape index (κ3) is 6.79. The molecule has 1 aliphatic carbocycles. The number of benzene rings is 2. The summed E-state index contributed by atoms with van der Waals surface area (Å²) in [6, 6.07) is 16.3. The summed E-state index contributed by atoms with van der Waals surface area (Å²) in [7, 11) is 1.34. The SMILES string of the molecule is COCC(ONC(=O)CCCCCNC(=O)OCC1c2ccccc2-c2ccccc21)C(=O)O. The average molecular weight is 471 g/mol. The molecule has 0 saturated carbocycles. The molecule has 3 rings (SSSR count). The monoisotopic (exact) mass is 470 g/mol. The molecule has 9 heteroatoms. The predicted octanol–water partition coefficient (Wildman–Crippen LogP) is 3.23. The van der Waals surface area contributed by atoms with Gasteiger partial charge in [-0.05, 0) is 35.1 Å². The van der Waals surface area contributed by atoms with Gasteiger partial charge in [0.05, 0.1) is 6.61 Å².